The molecule has 4 heteroatoms. The minimum Gasteiger partial charge on any atom is -0.306 e. The maximum Gasteiger partial charge on any atom is 0.129 e. The summed E-state index contributed by atoms with van der Waals surface area (Å²) in [5.74, 6) is -0.348. The van der Waals surface area contributed by atoms with E-state index in [4.69, 9.17) is 5.26 Å². The van der Waals surface area contributed by atoms with Gasteiger partial charge in [-0.1, -0.05) is 34.1 Å². The molecule has 0 fully saturated rings. The van der Waals surface area contributed by atoms with Gasteiger partial charge in [-0.2, -0.15) is 5.26 Å². The Morgan fingerprint density at radius 2 is 1.95 bits per heavy atom. The van der Waals surface area contributed by atoms with Crippen molar-refractivity contribution < 1.29 is 4.39 Å². The van der Waals surface area contributed by atoms with Gasteiger partial charge in [0.1, 0.15) is 5.82 Å². The van der Waals surface area contributed by atoms with Crippen molar-refractivity contribution in [3.63, 3.8) is 0 Å². The van der Waals surface area contributed by atoms with Crippen LogP contribution in [0.3, 0.4) is 0 Å². The molecule has 1 atom stereocenters. The molecule has 0 aromatic heterocycles. The van der Waals surface area contributed by atoms with Crippen LogP contribution in [0, 0.1) is 17.1 Å². The van der Waals surface area contributed by atoms with Gasteiger partial charge in [-0.25, -0.2) is 4.39 Å². The SMILES string of the molecule is CC(NCc1ccc(C#N)cc1F)c1ccc(Br)cc1. The van der Waals surface area contributed by atoms with E-state index in [0.29, 0.717) is 17.7 Å². The van der Waals surface area contributed by atoms with Crippen molar-refractivity contribution in [2.24, 2.45) is 0 Å². The standard InChI is InChI=1S/C16H14BrFN2/c1-11(13-4-6-15(17)7-5-13)20-10-14-3-2-12(9-19)8-16(14)18/h2-8,11,20H,10H2,1H3. The molecule has 0 bridgehead atoms. The van der Waals surface area contributed by atoms with E-state index in [1.165, 1.54) is 6.07 Å². The monoisotopic (exact) mass is 332 g/mol. The highest BCUT2D eigenvalue weighted by molar-refractivity contribution is 9.10. The Hall–Kier alpha value is -1.70. The first-order valence-electron chi connectivity index (χ1n) is 6.27. The molecule has 0 aliphatic heterocycles. The number of rotatable bonds is 4. The zero-order chi connectivity index (χ0) is 14.5. The van der Waals surface area contributed by atoms with Crippen LogP contribution >= 0.6 is 15.9 Å². The molecule has 0 aliphatic rings. The van der Waals surface area contributed by atoms with Crippen LogP contribution in [0.25, 0.3) is 0 Å². The summed E-state index contributed by atoms with van der Waals surface area (Å²) in [5.41, 5.74) is 2.04. The normalized spacial score (nSPS) is 11.9. The number of hydrogen-bond acceptors (Lipinski definition) is 2. The van der Waals surface area contributed by atoms with E-state index in [9.17, 15) is 4.39 Å². The predicted molar refractivity (Wildman–Crippen MR) is 80.5 cm³/mol. The Morgan fingerprint density at radius 3 is 2.55 bits per heavy atom. The second-order valence-corrected chi connectivity index (χ2v) is 5.49. The van der Waals surface area contributed by atoms with Crippen molar-refractivity contribution >= 4 is 15.9 Å². The average Bonchev–Trinajstić information content (AvgIpc) is 2.46. The molecule has 2 nitrogen and oxygen atoms in total. The molecule has 0 spiro atoms. The first-order valence-corrected chi connectivity index (χ1v) is 7.07. The van der Waals surface area contributed by atoms with Gasteiger partial charge in [0.15, 0.2) is 0 Å². The Bertz CT molecular complexity index is 632. The van der Waals surface area contributed by atoms with Gasteiger partial charge in [0.25, 0.3) is 0 Å². The number of nitrogens with one attached hydrogen (secondary N) is 1. The molecular weight excluding hydrogens is 319 g/mol. The van der Waals surface area contributed by atoms with Crippen LogP contribution in [0.2, 0.25) is 0 Å². The first-order chi connectivity index (χ1) is 9.60. The van der Waals surface area contributed by atoms with Crippen LogP contribution in [0.4, 0.5) is 4.39 Å². The third kappa shape index (κ3) is 3.66. The highest BCUT2D eigenvalue weighted by Gasteiger charge is 2.07. The second-order valence-electron chi connectivity index (χ2n) is 4.57. The molecule has 0 amide bonds. The molecule has 102 valence electrons. The number of nitriles is 1. The zero-order valence-corrected chi connectivity index (χ0v) is 12.6. The first kappa shape index (κ1) is 14.7. The minimum atomic E-state index is -0.348. The molecule has 20 heavy (non-hydrogen) atoms. The molecule has 1 unspecified atom stereocenters. The quantitative estimate of drug-likeness (QED) is 0.905. The summed E-state index contributed by atoms with van der Waals surface area (Å²) < 4.78 is 14.8. The molecule has 0 radical (unpaired) electrons. The topological polar surface area (TPSA) is 35.8 Å². The van der Waals surface area contributed by atoms with Gasteiger partial charge >= 0.3 is 0 Å². The molecule has 0 saturated carbocycles. The van der Waals surface area contributed by atoms with Crippen LogP contribution in [-0.4, -0.2) is 0 Å². The summed E-state index contributed by atoms with van der Waals surface area (Å²) in [4.78, 5) is 0. The largest absolute Gasteiger partial charge is 0.306 e. The van der Waals surface area contributed by atoms with E-state index in [1.54, 1.807) is 12.1 Å². The number of nitrogens with zero attached hydrogens (tertiary/aromatic N) is 1. The maximum absolute atomic E-state index is 13.7. The van der Waals surface area contributed by atoms with Crippen molar-refractivity contribution in [1.29, 1.82) is 5.26 Å². The van der Waals surface area contributed by atoms with Crippen molar-refractivity contribution in [2.75, 3.05) is 0 Å². The molecule has 2 aromatic rings. The van der Waals surface area contributed by atoms with Gasteiger partial charge in [0, 0.05) is 22.6 Å². The number of benzene rings is 2. The molecular formula is C16H14BrFN2. The average molecular weight is 333 g/mol. The molecule has 0 saturated heterocycles. The smallest absolute Gasteiger partial charge is 0.129 e. The van der Waals surface area contributed by atoms with Gasteiger partial charge in [0.2, 0.25) is 0 Å². The molecule has 1 N–H and O–H groups in total. The van der Waals surface area contributed by atoms with E-state index < -0.39 is 0 Å². The lowest BCUT2D eigenvalue weighted by Gasteiger charge is -2.15. The number of hydrogen-bond donors (Lipinski definition) is 1. The molecule has 0 heterocycles. The second kappa shape index (κ2) is 6.65. The summed E-state index contributed by atoms with van der Waals surface area (Å²) in [7, 11) is 0. The lowest BCUT2D eigenvalue weighted by atomic mass is 10.1. The van der Waals surface area contributed by atoms with Crippen molar-refractivity contribution in [3.8, 4) is 6.07 Å². The summed E-state index contributed by atoms with van der Waals surface area (Å²) in [6.45, 7) is 2.46. The van der Waals surface area contributed by atoms with E-state index in [1.807, 2.05) is 37.3 Å². The molecule has 2 aromatic carbocycles. The van der Waals surface area contributed by atoms with Crippen molar-refractivity contribution in [2.45, 2.75) is 19.5 Å². The Labute approximate surface area is 126 Å². The Balaban J connectivity index is 2.01. The van der Waals surface area contributed by atoms with Crippen LogP contribution in [0.15, 0.2) is 46.9 Å². The fourth-order valence-corrected chi connectivity index (χ4v) is 2.16. The number of halogens is 2. The van der Waals surface area contributed by atoms with Crippen molar-refractivity contribution in [1.82, 2.24) is 5.32 Å². The highest BCUT2D eigenvalue weighted by Crippen LogP contribution is 2.17. The van der Waals surface area contributed by atoms with E-state index in [2.05, 4.69) is 21.2 Å². The predicted octanol–water partition coefficient (Wildman–Crippen LogP) is 4.31. The fourth-order valence-electron chi connectivity index (χ4n) is 1.89. The van der Waals surface area contributed by atoms with E-state index >= 15 is 0 Å². The van der Waals surface area contributed by atoms with Gasteiger partial charge in [-0.05, 0) is 36.8 Å². The lowest BCUT2D eigenvalue weighted by Crippen LogP contribution is -2.18. The minimum absolute atomic E-state index is 0.123. The molecule has 0 aliphatic carbocycles. The Kier molecular flexibility index (Phi) is 4.89. The van der Waals surface area contributed by atoms with Crippen LogP contribution in [0.5, 0.6) is 0 Å². The molecule has 2 rings (SSSR count). The van der Waals surface area contributed by atoms with E-state index in [-0.39, 0.29) is 11.9 Å². The lowest BCUT2D eigenvalue weighted by molar-refractivity contribution is 0.544. The van der Waals surface area contributed by atoms with Gasteiger partial charge in [-0.15, -0.1) is 0 Å². The maximum atomic E-state index is 13.7. The summed E-state index contributed by atoms with van der Waals surface area (Å²) in [6, 6.07) is 14.6. The third-order valence-electron chi connectivity index (χ3n) is 3.15. The van der Waals surface area contributed by atoms with E-state index in [0.717, 1.165) is 10.0 Å². The van der Waals surface area contributed by atoms with Crippen molar-refractivity contribution in [3.05, 3.63) is 69.4 Å². The van der Waals surface area contributed by atoms with Gasteiger partial charge in [0.05, 0.1) is 11.6 Å². The van der Waals surface area contributed by atoms with Gasteiger partial charge in [-0.3, -0.25) is 0 Å². The van der Waals surface area contributed by atoms with Crippen LogP contribution < -0.4 is 5.32 Å². The summed E-state index contributed by atoms with van der Waals surface area (Å²) in [5, 5.41) is 12.0. The third-order valence-corrected chi connectivity index (χ3v) is 3.68. The van der Waals surface area contributed by atoms with Gasteiger partial charge < -0.3 is 5.32 Å². The summed E-state index contributed by atoms with van der Waals surface area (Å²) in [6.07, 6.45) is 0. The fraction of sp³-hybridized carbons (Fsp3) is 0.188. The van der Waals surface area contributed by atoms with Crippen LogP contribution in [0.1, 0.15) is 29.7 Å². The Morgan fingerprint density at radius 1 is 1.25 bits per heavy atom. The van der Waals surface area contributed by atoms with Crippen LogP contribution in [-0.2, 0) is 6.54 Å². The summed E-state index contributed by atoms with van der Waals surface area (Å²) >= 11 is 3.40. The zero-order valence-electron chi connectivity index (χ0n) is 11.0. The highest BCUT2D eigenvalue weighted by atomic mass is 79.9.